The van der Waals surface area contributed by atoms with Gasteiger partial charge in [0.05, 0.1) is 5.56 Å². The first-order valence-electron chi connectivity index (χ1n) is 5.85. The maximum absolute atomic E-state index is 12.5. The molecule has 0 heterocycles. The molecule has 1 aromatic carbocycles. The fourth-order valence-corrected chi connectivity index (χ4v) is 1.79. The van der Waals surface area contributed by atoms with E-state index in [-0.39, 0.29) is 6.04 Å². The summed E-state index contributed by atoms with van der Waals surface area (Å²) in [7, 11) is 0. The van der Waals surface area contributed by atoms with E-state index >= 15 is 0 Å². The molecule has 1 unspecified atom stereocenters. The van der Waals surface area contributed by atoms with Crippen molar-refractivity contribution in [3.05, 3.63) is 35.4 Å². The van der Waals surface area contributed by atoms with Crippen LogP contribution in [-0.4, -0.2) is 23.2 Å². The van der Waals surface area contributed by atoms with Gasteiger partial charge in [-0.3, -0.25) is 4.79 Å². The molecule has 0 bridgehead atoms. The van der Waals surface area contributed by atoms with Crippen molar-refractivity contribution in [2.24, 2.45) is 0 Å². The number of nitrogens with one attached hydrogen (secondary N) is 1. The number of hydrogen-bond acceptors (Lipinski definition) is 2. The van der Waals surface area contributed by atoms with Crippen molar-refractivity contribution in [2.75, 3.05) is 0 Å². The predicted octanol–water partition coefficient (Wildman–Crippen LogP) is 2.70. The lowest BCUT2D eigenvalue weighted by atomic mass is 10.0. The van der Waals surface area contributed by atoms with Crippen LogP contribution in [0.2, 0.25) is 0 Å². The molecule has 0 amide bonds. The maximum atomic E-state index is 12.5. The largest absolute Gasteiger partial charge is 0.480 e. The van der Waals surface area contributed by atoms with Crippen LogP contribution >= 0.6 is 0 Å². The van der Waals surface area contributed by atoms with Gasteiger partial charge in [0.2, 0.25) is 0 Å². The molecule has 3 nitrogen and oxygen atoms in total. The van der Waals surface area contributed by atoms with Gasteiger partial charge in [0.1, 0.15) is 6.04 Å². The number of rotatable bonds is 5. The zero-order chi connectivity index (χ0) is 14.6. The summed E-state index contributed by atoms with van der Waals surface area (Å²) in [6, 6.07) is 4.09. The Morgan fingerprint density at radius 3 is 2.53 bits per heavy atom. The Labute approximate surface area is 109 Å². The molecule has 0 spiro atoms. The molecular formula is C13H16F3NO2. The van der Waals surface area contributed by atoms with Gasteiger partial charge < -0.3 is 10.4 Å². The van der Waals surface area contributed by atoms with E-state index < -0.39 is 23.8 Å². The van der Waals surface area contributed by atoms with Crippen molar-refractivity contribution in [2.45, 2.75) is 38.5 Å². The van der Waals surface area contributed by atoms with Crippen molar-refractivity contribution in [3.8, 4) is 0 Å². The third-order valence-electron chi connectivity index (χ3n) is 2.70. The van der Waals surface area contributed by atoms with E-state index in [1.54, 1.807) is 13.0 Å². The van der Waals surface area contributed by atoms with E-state index in [2.05, 4.69) is 5.32 Å². The molecule has 1 aromatic rings. The molecule has 1 rings (SSSR count). The Balaban J connectivity index is 2.70. The van der Waals surface area contributed by atoms with Crippen LogP contribution in [0.4, 0.5) is 13.2 Å². The Hall–Kier alpha value is -1.56. The second-order valence-corrected chi connectivity index (χ2v) is 4.53. The summed E-state index contributed by atoms with van der Waals surface area (Å²) in [4.78, 5) is 10.7. The summed E-state index contributed by atoms with van der Waals surface area (Å²) in [6.45, 7) is 3.23. The van der Waals surface area contributed by atoms with Crippen LogP contribution in [0, 0.1) is 0 Å². The van der Waals surface area contributed by atoms with E-state index in [1.165, 1.54) is 13.0 Å². The first-order chi connectivity index (χ1) is 8.70. The third-order valence-corrected chi connectivity index (χ3v) is 2.70. The van der Waals surface area contributed by atoms with Crippen molar-refractivity contribution < 1.29 is 23.1 Å². The van der Waals surface area contributed by atoms with Crippen LogP contribution in [0.25, 0.3) is 0 Å². The maximum Gasteiger partial charge on any atom is 0.416 e. The third kappa shape index (κ3) is 4.90. The topological polar surface area (TPSA) is 49.3 Å². The summed E-state index contributed by atoms with van der Waals surface area (Å²) in [5.41, 5.74) is -0.170. The Bertz CT molecular complexity index is 446. The number of benzene rings is 1. The van der Waals surface area contributed by atoms with Crippen LogP contribution in [0.3, 0.4) is 0 Å². The molecule has 106 valence electrons. The van der Waals surface area contributed by atoms with Crippen LogP contribution in [0.1, 0.15) is 25.0 Å². The number of hydrogen-bond donors (Lipinski definition) is 2. The molecule has 0 aliphatic heterocycles. The number of carboxylic acids is 1. The monoisotopic (exact) mass is 275 g/mol. The minimum atomic E-state index is -4.36. The van der Waals surface area contributed by atoms with Gasteiger partial charge in [-0.1, -0.05) is 18.2 Å². The van der Waals surface area contributed by atoms with Gasteiger partial charge in [-0.25, -0.2) is 0 Å². The molecule has 0 saturated carbocycles. The Kier molecular flexibility index (Phi) is 4.94. The summed E-state index contributed by atoms with van der Waals surface area (Å²) in [5, 5.41) is 11.5. The molecule has 0 aliphatic carbocycles. The number of alkyl halides is 3. The molecular weight excluding hydrogens is 259 g/mol. The van der Waals surface area contributed by atoms with E-state index in [0.29, 0.717) is 12.0 Å². The van der Waals surface area contributed by atoms with Gasteiger partial charge in [0, 0.05) is 6.04 Å². The van der Waals surface area contributed by atoms with E-state index in [9.17, 15) is 18.0 Å². The fourth-order valence-electron chi connectivity index (χ4n) is 1.79. The lowest BCUT2D eigenvalue weighted by Gasteiger charge is -2.17. The van der Waals surface area contributed by atoms with Gasteiger partial charge >= 0.3 is 12.1 Å². The van der Waals surface area contributed by atoms with Crippen molar-refractivity contribution in [1.29, 1.82) is 0 Å². The van der Waals surface area contributed by atoms with Crippen molar-refractivity contribution in [3.63, 3.8) is 0 Å². The Morgan fingerprint density at radius 2 is 2.00 bits per heavy atom. The van der Waals surface area contributed by atoms with Crippen molar-refractivity contribution in [1.82, 2.24) is 5.32 Å². The van der Waals surface area contributed by atoms with Gasteiger partial charge in [0.15, 0.2) is 0 Å². The van der Waals surface area contributed by atoms with E-state index in [0.717, 1.165) is 12.1 Å². The van der Waals surface area contributed by atoms with Gasteiger partial charge in [-0.2, -0.15) is 13.2 Å². The number of aliphatic carboxylic acids is 1. The Morgan fingerprint density at radius 1 is 1.37 bits per heavy atom. The second kappa shape index (κ2) is 6.06. The lowest BCUT2D eigenvalue weighted by Crippen LogP contribution is -2.40. The highest BCUT2D eigenvalue weighted by Gasteiger charge is 2.30. The molecule has 2 N–H and O–H groups in total. The van der Waals surface area contributed by atoms with E-state index in [4.69, 9.17) is 5.11 Å². The van der Waals surface area contributed by atoms with Crippen LogP contribution < -0.4 is 5.32 Å². The number of carbonyl (C=O) groups is 1. The summed E-state index contributed by atoms with van der Waals surface area (Å²) >= 11 is 0. The number of carboxylic acid groups (broad SMARTS) is 1. The predicted molar refractivity (Wildman–Crippen MR) is 64.8 cm³/mol. The molecule has 0 saturated heterocycles. The zero-order valence-electron chi connectivity index (χ0n) is 10.7. The molecule has 19 heavy (non-hydrogen) atoms. The first kappa shape index (κ1) is 15.5. The average molecular weight is 275 g/mol. The summed E-state index contributed by atoms with van der Waals surface area (Å²) < 4.78 is 37.6. The molecule has 0 aliphatic rings. The molecule has 0 fully saturated rings. The SMILES string of the molecule is CC(Cc1cccc(C(F)(F)F)c1)N[C@H](C)C(=O)O. The highest BCUT2D eigenvalue weighted by molar-refractivity contribution is 5.72. The van der Waals surface area contributed by atoms with E-state index in [1.807, 2.05) is 0 Å². The highest BCUT2D eigenvalue weighted by atomic mass is 19.4. The average Bonchev–Trinajstić information content (AvgIpc) is 2.27. The number of halogens is 3. The first-order valence-corrected chi connectivity index (χ1v) is 5.85. The van der Waals surface area contributed by atoms with Gasteiger partial charge in [-0.05, 0) is 31.9 Å². The van der Waals surface area contributed by atoms with Crippen LogP contribution in [0.5, 0.6) is 0 Å². The van der Waals surface area contributed by atoms with Gasteiger partial charge in [-0.15, -0.1) is 0 Å². The zero-order valence-corrected chi connectivity index (χ0v) is 10.7. The standard InChI is InChI=1S/C13H16F3NO2/c1-8(17-9(2)12(18)19)6-10-4-3-5-11(7-10)13(14,15)16/h3-5,7-9,17H,6H2,1-2H3,(H,18,19)/t8?,9-/m1/s1. The summed E-state index contributed by atoms with van der Waals surface area (Å²) in [5.74, 6) is -0.990. The minimum Gasteiger partial charge on any atom is -0.480 e. The smallest absolute Gasteiger partial charge is 0.416 e. The molecule has 0 aromatic heterocycles. The molecule has 6 heteroatoms. The normalized spacial score (nSPS) is 15.0. The van der Waals surface area contributed by atoms with Crippen LogP contribution in [0.15, 0.2) is 24.3 Å². The van der Waals surface area contributed by atoms with Gasteiger partial charge in [0.25, 0.3) is 0 Å². The minimum absolute atomic E-state index is 0.227. The van der Waals surface area contributed by atoms with Crippen molar-refractivity contribution >= 4 is 5.97 Å². The molecule has 0 radical (unpaired) electrons. The second-order valence-electron chi connectivity index (χ2n) is 4.53. The fraction of sp³-hybridized carbons (Fsp3) is 0.462. The summed E-state index contributed by atoms with van der Waals surface area (Å²) in [6.07, 6.45) is -4.03. The van der Waals surface area contributed by atoms with Crippen LogP contribution in [-0.2, 0) is 17.4 Å². The highest BCUT2D eigenvalue weighted by Crippen LogP contribution is 2.29. The molecule has 2 atom stereocenters. The lowest BCUT2D eigenvalue weighted by molar-refractivity contribution is -0.139. The quantitative estimate of drug-likeness (QED) is 0.868.